The van der Waals surface area contributed by atoms with Gasteiger partial charge in [-0.05, 0) is 62.6 Å². The van der Waals surface area contributed by atoms with Crippen LogP contribution in [0.15, 0.2) is 24.3 Å². The van der Waals surface area contributed by atoms with Crippen molar-refractivity contribution in [1.29, 1.82) is 0 Å². The standard InChI is InChI=1S/C20H24F3NO2/c1-18(26)9-15(10-18)17(25)24-11-19(12-24)7-14(8-19)6-13-2-4-16(5-3-13)20(21,22)23/h2-5,14-15,26H,6-12H2,1H3. The third-order valence-corrected chi connectivity index (χ3v) is 6.33. The fourth-order valence-corrected chi connectivity index (χ4v) is 5.08. The van der Waals surface area contributed by atoms with Crippen LogP contribution in [-0.2, 0) is 17.4 Å². The Labute approximate surface area is 151 Å². The Bertz CT molecular complexity index is 689. The maximum absolute atomic E-state index is 12.6. The van der Waals surface area contributed by atoms with E-state index in [-0.39, 0.29) is 17.2 Å². The van der Waals surface area contributed by atoms with Gasteiger partial charge < -0.3 is 10.0 Å². The first-order valence-electron chi connectivity index (χ1n) is 9.23. The second-order valence-electron chi connectivity index (χ2n) is 8.97. The van der Waals surface area contributed by atoms with E-state index in [0.717, 1.165) is 50.0 Å². The van der Waals surface area contributed by atoms with Crippen LogP contribution in [-0.4, -0.2) is 34.6 Å². The minimum atomic E-state index is -4.28. The molecule has 2 aliphatic carbocycles. The zero-order chi connectivity index (χ0) is 18.7. The van der Waals surface area contributed by atoms with Crippen LogP contribution in [0.2, 0.25) is 0 Å². The molecule has 3 aliphatic rings. The summed E-state index contributed by atoms with van der Waals surface area (Å²) in [6.07, 6.45) is -0.271. The lowest BCUT2D eigenvalue weighted by molar-refractivity contribution is -0.171. The van der Waals surface area contributed by atoms with Crippen LogP contribution in [0.1, 0.15) is 43.7 Å². The highest BCUT2D eigenvalue weighted by molar-refractivity contribution is 5.81. The van der Waals surface area contributed by atoms with E-state index in [1.807, 2.05) is 4.90 Å². The van der Waals surface area contributed by atoms with Gasteiger partial charge >= 0.3 is 6.18 Å². The van der Waals surface area contributed by atoms with Gasteiger partial charge in [-0.1, -0.05) is 12.1 Å². The highest BCUT2D eigenvalue weighted by Crippen LogP contribution is 2.54. The second kappa shape index (κ2) is 5.72. The Balaban J connectivity index is 1.22. The maximum Gasteiger partial charge on any atom is 0.416 e. The van der Waals surface area contributed by atoms with E-state index in [9.17, 15) is 23.1 Å². The number of amides is 1. The molecule has 6 heteroatoms. The summed E-state index contributed by atoms with van der Waals surface area (Å²) in [5.74, 6) is 0.645. The first-order valence-corrected chi connectivity index (χ1v) is 9.23. The number of carbonyl (C=O) groups is 1. The third-order valence-electron chi connectivity index (χ3n) is 6.33. The molecule has 0 atom stereocenters. The zero-order valence-electron chi connectivity index (χ0n) is 14.9. The van der Waals surface area contributed by atoms with Crippen LogP contribution in [0.25, 0.3) is 0 Å². The molecule has 2 saturated carbocycles. The summed E-state index contributed by atoms with van der Waals surface area (Å²) < 4.78 is 37.8. The highest BCUT2D eigenvalue weighted by Gasteiger charge is 2.55. The van der Waals surface area contributed by atoms with Gasteiger partial charge in [-0.15, -0.1) is 0 Å². The van der Waals surface area contributed by atoms with Gasteiger partial charge in [0.15, 0.2) is 0 Å². The zero-order valence-corrected chi connectivity index (χ0v) is 14.9. The molecule has 1 spiro atoms. The molecule has 0 aromatic heterocycles. The lowest BCUT2D eigenvalue weighted by Crippen LogP contribution is -2.66. The lowest BCUT2D eigenvalue weighted by atomic mass is 9.56. The molecular formula is C20H24F3NO2. The Kier molecular flexibility index (Phi) is 3.92. The van der Waals surface area contributed by atoms with Crippen LogP contribution in [0, 0.1) is 17.3 Å². The fourth-order valence-electron chi connectivity index (χ4n) is 5.08. The summed E-state index contributed by atoms with van der Waals surface area (Å²) in [4.78, 5) is 14.2. The van der Waals surface area contributed by atoms with Crippen molar-refractivity contribution < 1.29 is 23.1 Å². The van der Waals surface area contributed by atoms with Crippen molar-refractivity contribution in [3.8, 4) is 0 Å². The number of nitrogens with zero attached hydrogens (tertiary/aromatic N) is 1. The summed E-state index contributed by atoms with van der Waals surface area (Å²) in [7, 11) is 0. The molecule has 0 bridgehead atoms. The largest absolute Gasteiger partial charge is 0.416 e. The molecule has 1 aromatic rings. The predicted molar refractivity (Wildman–Crippen MR) is 90.2 cm³/mol. The van der Waals surface area contributed by atoms with E-state index in [1.165, 1.54) is 0 Å². The maximum atomic E-state index is 12.6. The number of rotatable bonds is 3. The number of aliphatic hydroxyl groups is 1. The Morgan fingerprint density at radius 3 is 2.23 bits per heavy atom. The number of likely N-dealkylation sites (tertiary alicyclic amines) is 1. The normalized spacial score (nSPS) is 30.5. The van der Waals surface area contributed by atoms with E-state index >= 15 is 0 Å². The Morgan fingerprint density at radius 2 is 1.73 bits per heavy atom. The van der Waals surface area contributed by atoms with Crippen molar-refractivity contribution in [2.24, 2.45) is 17.3 Å². The first-order chi connectivity index (χ1) is 12.1. The van der Waals surface area contributed by atoms with Crippen LogP contribution >= 0.6 is 0 Å². The Morgan fingerprint density at radius 1 is 1.15 bits per heavy atom. The molecule has 4 rings (SSSR count). The molecule has 1 saturated heterocycles. The molecule has 142 valence electrons. The summed E-state index contributed by atoms with van der Waals surface area (Å²) in [5.41, 5.74) is -0.0961. The van der Waals surface area contributed by atoms with Gasteiger partial charge in [0.25, 0.3) is 0 Å². The predicted octanol–water partition coefficient (Wildman–Crippen LogP) is 3.65. The number of hydrogen-bond donors (Lipinski definition) is 1. The van der Waals surface area contributed by atoms with Gasteiger partial charge in [-0.25, -0.2) is 0 Å². The van der Waals surface area contributed by atoms with Crippen LogP contribution in [0.5, 0.6) is 0 Å². The average molecular weight is 367 g/mol. The monoisotopic (exact) mass is 367 g/mol. The molecule has 3 nitrogen and oxygen atoms in total. The van der Waals surface area contributed by atoms with Crippen LogP contribution in [0.4, 0.5) is 13.2 Å². The molecule has 1 heterocycles. The molecule has 3 fully saturated rings. The summed E-state index contributed by atoms with van der Waals surface area (Å²) >= 11 is 0. The number of halogens is 3. The van der Waals surface area contributed by atoms with Gasteiger partial charge in [0, 0.05) is 24.4 Å². The van der Waals surface area contributed by atoms with E-state index in [2.05, 4.69) is 0 Å². The van der Waals surface area contributed by atoms with Gasteiger partial charge in [0.05, 0.1) is 11.2 Å². The smallest absolute Gasteiger partial charge is 0.390 e. The van der Waals surface area contributed by atoms with Crippen molar-refractivity contribution in [3.63, 3.8) is 0 Å². The summed E-state index contributed by atoms with van der Waals surface area (Å²) in [5, 5.41) is 9.77. The second-order valence-corrected chi connectivity index (χ2v) is 8.97. The van der Waals surface area contributed by atoms with E-state index in [1.54, 1.807) is 19.1 Å². The number of benzene rings is 1. The topological polar surface area (TPSA) is 40.5 Å². The molecule has 1 amide bonds. The SMILES string of the molecule is CC1(O)CC(C(=O)N2CC3(CC(Cc4ccc(C(F)(F)F)cc4)C3)C2)C1. The average Bonchev–Trinajstić information content (AvgIpc) is 2.44. The van der Waals surface area contributed by atoms with Gasteiger partial charge in [0.2, 0.25) is 5.91 Å². The molecule has 26 heavy (non-hydrogen) atoms. The first kappa shape index (κ1) is 17.8. The van der Waals surface area contributed by atoms with Gasteiger partial charge in [-0.3, -0.25) is 4.79 Å². The van der Waals surface area contributed by atoms with E-state index in [0.29, 0.717) is 18.8 Å². The van der Waals surface area contributed by atoms with Crippen molar-refractivity contribution in [1.82, 2.24) is 4.90 Å². The minimum Gasteiger partial charge on any atom is -0.390 e. The van der Waals surface area contributed by atoms with Crippen LogP contribution < -0.4 is 0 Å². The van der Waals surface area contributed by atoms with E-state index in [4.69, 9.17) is 0 Å². The molecule has 1 N–H and O–H groups in total. The number of alkyl halides is 3. The van der Waals surface area contributed by atoms with Crippen molar-refractivity contribution in [3.05, 3.63) is 35.4 Å². The van der Waals surface area contributed by atoms with E-state index < -0.39 is 17.3 Å². The van der Waals surface area contributed by atoms with Crippen molar-refractivity contribution >= 4 is 5.91 Å². The van der Waals surface area contributed by atoms with Crippen molar-refractivity contribution in [2.45, 2.75) is 50.8 Å². The van der Waals surface area contributed by atoms with Gasteiger partial charge in [0.1, 0.15) is 0 Å². The fraction of sp³-hybridized carbons (Fsp3) is 0.650. The van der Waals surface area contributed by atoms with Crippen LogP contribution in [0.3, 0.4) is 0 Å². The molecule has 1 aromatic carbocycles. The van der Waals surface area contributed by atoms with Gasteiger partial charge in [-0.2, -0.15) is 13.2 Å². The number of carbonyl (C=O) groups excluding carboxylic acids is 1. The summed E-state index contributed by atoms with van der Waals surface area (Å²) in [6.45, 7) is 3.37. The quantitative estimate of drug-likeness (QED) is 0.886. The number of hydrogen-bond acceptors (Lipinski definition) is 2. The molecule has 0 unspecified atom stereocenters. The Hall–Kier alpha value is -1.56. The lowest BCUT2D eigenvalue weighted by Gasteiger charge is -2.60. The third kappa shape index (κ3) is 3.24. The minimum absolute atomic E-state index is 0.0228. The van der Waals surface area contributed by atoms with Crippen molar-refractivity contribution in [2.75, 3.05) is 13.1 Å². The molecule has 0 radical (unpaired) electrons. The molecular weight excluding hydrogens is 343 g/mol. The highest BCUT2D eigenvalue weighted by atomic mass is 19.4. The summed E-state index contributed by atoms with van der Waals surface area (Å²) in [6, 6.07) is 5.46. The molecule has 1 aliphatic heterocycles.